The van der Waals surface area contributed by atoms with E-state index in [1.54, 1.807) is 52.5 Å². The van der Waals surface area contributed by atoms with E-state index in [0.717, 1.165) is 0 Å². The van der Waals surface area contributed by atoms with Crippen LogP contribution in [-0.2, 0) is 15.1 Å². The van der Waals surface area contributed by atoms with Crippen LogP contribution >= 0.6 is 11.6 Å². The molecule has 0 aliphatic carbocycles. The molecule has 8 heteroatoms. The average Bonchev–Trinajstić information content (AvgIpc) is 2.54. The Morgan fingerprint density at radius 2 is 1.86 bits per heavy atom. The quantitative estimate of drug-likeness (QED) is 0.770. The van der Waals surface area contributed by atoms with Gasteiger partial charge in [0.15, 0.2) is 0 Å². The van der Waals surface area contributed by atoms with Crippen molar-refractivity contribution in [2.45, 2.75) is 52.7 Å². The number of carbonyl (C=O) groups excluding carboxylic acids is 2. The van der Waals surface area contributed by atoms with Crippen LogP contribution < -0.4 is 5.32 Å². The van der Waals surface area contributed by atoms with Crippen molar-refractivity contribution >= 4 is 23.6 Å². The number of piperidine rings is 1. The lowest BCUT2D eigenvalue weighted by molar-refractivity contribution is -0.148. The molecular formula is C21H30ClFN2O4. The number of aryl methyl sites for hydroxylation is 1. The molecule has 1 fully saturated rings. The van der Waals surface area contributed by atoms with Gasteiger partial charge in [0, 0.05) is 35.5 Å². The zero-order valence-electron chi connectivity index (χ0n) is 17.8. The number of nitrogens with zero attached hydrogens (tertiary/aromatic N) is 1. The van der Waals surface area contributed by atoms with Gasteiger partial charge in [0.05, 0.1) is 0 Å². The Kier molecular flexibility index (Phi) is 6.85. The summed E-state index contributed by atoms with van der Waals surface area (Å²) in [6, 6.07) is 2.82. The summed E-state index contributed by atoms with van der Waals surface area (Å²) in [7, 11) is 0. The molecule has 1 aromatic carbocycles. The SMILES string of the molecule is Cc1cc(Cl)cc(F)c1[C@@]1(O)[C@H](C)CN(C(=O)CNC(=O)OC(C)(C)C)C[C@@H]1C. The lowest BCUT2D eigenvalue weighted by Gasteiger charge is -2.48. The summed E-state index contributed by atoms with van der Waals surface area (Å²) in [6.45, 7) is 10.7. The Labute approximate surface area is 176 Å². The van der Waals surface area contributed by atoms with Crippen molar-refractivity contribution in [1.29, 1.82) is 0 Å². The number of alkyl carbamates (subject to hydrolysis) is 1. The van der Waals surface area contributed by atoms with E-state index in [-0.39, 0.29) is 36.1 Å². The highest BCUT2D eigenvalue weighted by Gasteiger charge is 2.48. The first-order valence-corrected chi connectivity index (χ1v) is 10.1. The van der Waals surface area contributed by atoms with Crippen LogP contribution in [0.3, 0.4) is 0 Å². The summed E-state index contributed by atoms with van der Waals surface area (Å²) >= 11 is 5.93. The standard InChI is InChI=1S/C21H30ClFN2O4/c1-12-7-15(22)8-16(23)18(12)21(28)13(2)10-25(11-14(21)3)17(26)9-24-19(27)29-20(4,5)6/h7-8,13-14,28H,9-11H2,1-6H3,(H,24,27)/t13-,14+,21-. The van der Waals surface area contributed by atoms with Crippen molar-refractivity contribution in [3.05, 3.63) is 34.1 Å². The van der Waals surface area contributed by atoms with Crippen LogP contribution in [0.15, 0.2) is 12.1 Å². The van der Waals surface area contributed by atoms with Gasteiger partial charge in [-0.2, -0.15) is 0 Å². The van der Waals surface area contributed by atoms with Crippen molar-refractivity contribution in [3.8, 4) is 0 Å². The molecule has 2 amide bonds. The predicted octanol–water partition coefficient (Wildman–Crippen LogP) is 3.61. The number of carbonyl (C=O) groups is 2. The van der Waals surface area contributed by atoms with Crippen molar-refractivity contribution in [1.82, 2.24) is 10.2 Å². The van der Waals surface area contributed by atoms with Crippen molar-refractivity contribution < 1.29 is 23.8 Å². The van der Waals surface area contributed by atoms with Gasteiger partial charge in [-0.3, -0.25) is 4.79 Å². The van der Waals surface area contributed by atoms with Gasteiger partial charge in [-0.05, 0) is 45.4 Å². The molecule has 2 N–H and O–H groups in total. The maximum atomic E-state index is 14.7. The van der Waals surface area contributed by atoms with Gasteiger partial charge in [0.2, 0.25) is 5.91 Å². The smallest absolute Gasteiger partial charge is 0.408 e. The van der Waals surface area contributed by atoms with Crippen LogP contribution in [0.25, 0.3) is 0 Å². The number of halogens is 2. The molecule has 0 bridgehead atoms. The van der Waals surface area contributed by atoms with E-state index in [1.165, 1.54) is 6.07 Å². The van der Waals surface area contributed by atoms with Crippen LogP contribution in [0.4, 0.5) is 9.18 Å². The monoisotopic (exact) mass is 428 g/mol. The number of rotatable bonds is 3. The fraction of sp³-hybridized carbons (Fsp3) is 0.619. The summed E-state index contributed by atoms with van der Waals surface area (Å²) in [5, 5.41) is 14.2. The maximum absolute atomic E-state index is 14.7. The number of amides is 2. The second kappa shape index (κ2) is 8.48. The second-order valence-corrected chi connectivity index (χ2v) is 9.30. The molecule has 0 aromatic heterocycles. The Bertz CT molecular complexity index is 758. The topological polar surface area (TPSA) is 78.9 Å². The number of nitrogens with one attached hydrogen (secondary N) is 1. The van der Waals surface area contributed by atoms with Crippen molar-refractivity contribution in [2.75, 3.05) is 19.6 Å². The molecule has 3 atom stereocenters. The van der Waals surface area contributed by atoms with Gasteiger partial charge in [-0.25, -0.2) is 9.18 Å². The van der Waals surface area contributed by atoms with Crippen LogP contribution in [-0.4, -0.2) is 47.2 Å². The Hall–Kier alpha value is -1.86. The van der Waals surface area contributed by atoms with E-state index >= 15 is 0 Å². The first-order chi connectivity index (χ1) is 13.3. The number of benzene rings is 1. The lowest BCUT2D eigenvalue weighted by atomic mass is 9.69. The molecule has 0 saturated carbocycles. The molecule has 6 nitrogen and oxygen atoms in total. The van der Waals surface area contributed by atoms with Gasteiger partial charge in [0.25, 0.3) is 0 Å². The molecule has 0 radical (unpaired) electrons. The number of ether oxygens (including phenoxy) is 1. The summed E-state index contributed by atoms with van der Waals surface area (Å²) < 4.78 is 19.8. The number of aliphatic hydroxyl groups is 1. The van der Waals surface area contributed by atoms with Crippen LogP contribution in [0, 0.1) is 24.6 Å². The molecule has 1 aliphatic rings. The fourth-order valence-electron chi connectivity index (χ4n) is 3.98. The largest absolute Gasteiger partial charge is 0.444 e. The van der Waals surface area contributed by atoms with Gasteiger partial charge < -0.3 is 20.1 Å². The molecule has 0 spiro atoms. The molecule has 1 aliphatic heterocycles. The van der Waals surface area contributed by atoms with E-state index in [0.29, 0.717) is 5.56 Å². The highest BCUT2D eigenvalue weighted by Crippen LogP contribution is 2.44. The molecular weight excluding hydrogens is 399 g/mol. The molecule has 1 aromatic rings. The highest BCUT2D eigenvalue weighted by atomic mass is 35.5. The van der Waals surface area contributed by atoms with Crippen LogP contribution in [0.2, 0.25) is 5.02 Å². The Balaban J connectivity index is 2.12. The first-order valence-electron chi connectivity index (χ1n) is 9.68. The Morgan fingerprint density at radius 3 is 2.34 bits per heavy atom. The zero-order valence-corrected chi connectivity index (χ0v) is 18.6. The van der Waals surface area contributed by atoms with E-state index < -0.39 is 34.9 Å². The summed E-state index contributed by atoms with van der Waals surface area (Å²) in [5.74, 6) is -1.69. The van der Waals surface area contributed by atoms with Crippen molar-refractivity contribution in [3.63, 3.8) is 0 Å². The molecule has 2 rings (SSSR count). The van der Waals surface area contributed by atoms with Gasteiger partial charge in [-0.15, -0.1) is 0 Å². The second-order valence-electron chi connectivity index (χ2n) is 8.86. The minimum Gasteiger partial charge on any atom is -0.444 e. The summed E-state index contributed by atoms with van der Waals surface area (Å²) in [4.78, 5) is 25.9. The molecule has 0 unspecified atom stereocenters. The normalized spacial score (nSPS) is 24.9. The lowest BCUT2D eigenvalue weighted by Crippen LogP contribution is -2.57. The number of likely N-dealkylation sites (tertiary alicyclic amines) is 1. The number of hydrogen-bond acceptors (Lipinski definition) is 4. The van der Waals surface area contributed by atoms with E-state index in [2.05, 4.69) is 5.32 Å². The van der Waals surface area contributed by atoms with Crippen LogP contribution in [0.1, 0.15) is 45.7 Å². The van der Waals surface area contributed by atoms with Gasteiger partial charge in [0.1, 0.15) is 23.6 Å². The highest BCUT2D eigenvalue weighted by molar-refractivity contribution is 6.30. The first kappa shape index (κ1) is 23.4. The predicted molar refractivity (Wildman–Crippen MR) is 109 cm³/mol. The maximum Gasteiger partial charge on any atom is 0.408 e. The molecule has 1 heterocycles. The molecule has 1 saturated heterocycles. The average molecular weight is 429 g/mol. The zero-order chi connectivity index (χ0) is 22.1. The Morgan fingerprint density at radius 1 is 1.31 bits per heavy atom. The van der Waals surface area contributed by atoms with E-state index in [4.69, 9.17) is 16.3 Å². The van der Waals surface area contributed by atoms with Gasteiger partial charge >= 0.3 is 6.09 Å². The van der Waals surface area contributed by atoms with Gasteiger partial charge in [-0.1, -0.05) is 25.4 Å². The third-order valence-corrected chi connectivity index (χ3v) is 5.50. The minimum atomic E-state index is -1.44. The van der Waals surface area contributed by atoms with E-state index in [9.17, 15) is 19.1 Å². The number of hydrogen-bond donors (Lipinski definition) is 2. The van der Waals surface area contributed by atoms with E-state index in [1.807, 2.05) is 0 Å². The van der Waals surface area contributed by atoms with Crippen LogP contribution in [0.5, 0.6) is 0 Å². The fourth-order valence-corrected chi connectivity index (χ4v) is 4.24. The summed E-state index contributed by atoms with van der Waals surface area (Å²) in [6.07, 6.45) is -0.667. The van der Waals surface area contributed by atoms with Crippen molar-refractivity contribution in [2.24, 2.45) is 11.8 Å². The summed E-state index contributed by atoms with van der Waals surface area (Å²) in [5.41, 5.74) is -1.30. The minimum absolute atomic E-state index is 0.207. The molecule has 29 heavy (non-hydrogen) atoms. The third-order valence-electron chi connectivity index (χ3n) is 5.28. The third kappa shape index (κ3) is 5.20. The molecule has 162 valence electrons.